The molecule has 0 N–H and O–H groups in total. The summed E-state index contributed by atoms with van der Waals surface area (Å²) in [5, 5.41) is 0. The normalized spacial score (nSPS) is 23.6. The lowest BCUT2D eigenvalue weighted by atomic mass is 9.97. The fraction of sp³-hybridized carbons (Fsp3) is 0.323. The SMILES string of the molecule is CS(=O)(=O)OC[C@H]1O[C@@](COCc2ccccc2)(O[C@H]2O[C@H](COCc3ccccc3)[C@@H](OCc3ccccc3)[C@H](OCc3ccccc3)[C@H]2OCc2ccccc2)[C@@H](OCc2ccccc2)[C@@H]1OCc1ccccc1. The maximum atomic E-state index is 12.8. The molecule has 0 spiro atoms. The molecule has 0 aliphatic carbocycles. The van der Waals surface area contributed by atoms with E-state index in [-0.39, 0.29) is 52.9 Å². The van der Waals surface area contributed by atoms with E-state index in [0.29, 0.717) is 6.61 Å². The van der Waals surface area contributed by atoms with Gasteiger partial charge in [-0.25, -0.2) is 0 Å². The molecule has 7 aromatic rings. The Morgan fingerprint density at radius 1 is 0.395 bits per heavy atom. The highest BCUT2D eigenvalue weighted by Gasteiger charge is 2.62. The second-order valence-corrected chi connectivity index (χ2v) is 20.5. The van der Waals surface area contributed by atoms with Crippen LogP contribution in [0, 0.1) is 0 Å². The Kier molecular flexibility index (Phi) is 20.1. The van der Waals surface area contributed by atoms with E-state index in [9.17, 15) is 8.42 Å². The zero-order valence-electron chi connectivity index (χ0n) is 42.6. The first kappa shape index (κ1) is 54.8. The molecule has 0 aromatic heterocycles. The van der Waals surface area contributed by atoms with Gasteiger partial charge in [0.2, 0.25) is 5.79 Å². The summed E-state index contributed by atoms with van der Waals surface area (Å²) in [5.41, 5.74) is 6.38. The van der Waals surface area contributed by atoms with Crippen molar-refractivity contribution in [2.24, 2.45) is 0 Å². The van der Waals surface area contributed by atoms with Gasteiger partial charge >= 0.3 is 0 Å². The van der Waals surface area contributed by atoms with E-state index in [1.807, 2.05) is 212 Å². The monoisotopic (exact) mass is 1050 g/mol. The number of ether oxygens (including phenoxy) is 10. The summed E-state index contributed by atoms with van der Waals surface area (Å²) in [4.78, 5) is 0. The molecule has 0 amide bonds. The average Bonchev–Trinajstić information content (AvgIpc) is 3.75. The van der Waals surface area contributed by atoms with Crippen molar-refractivity contribution in [3.05, 3.63) is 251 Å². The van der Waals surface area contributed by atoms with Crippen LogP contribution in [0.4, 0.5) is 0 Å². The molecule has 0 radical (unpaired) electrons. The van der Waals surface area contributed by atoms with Gasteiger partial charge in [-0.05, 0) is 38.9 Å². The molecule has 2 fully saturated rings. The number of hydrogen-bond donors (Lipinski definition) is 0. The fourth-order valence-corrected chi connectivity index (χ4v) is 9.65. The molecular weight excluding hydrogens is 985 g/mol. The minimum Gasteiger partial charge on any atom is -0.374 e. The summed E-state index contributed by atoms with van der Waals surface area (Å²) in [6, 6.07) is 68.6. The van der Waals surface area contributed by atoms with E-state index in [4.69, 9.17) is 51.6 Å². The van der Waals surface area contributed by atoms with Crippen LogP contribution in [0.5, 0.6) is 0 Å². The van der Waals surface area contributed by atoms with Gasteiger partial charge in [-0.15, -0.1) is 0 Å². The predicted octanol–water partition coefficient (Wildman–Crippen LogP) is 10.2. The van der Waals surface area contributed by atoms with Crippen molar-refractivity contribution < 1.29 is 60.0 Å². The van der Waals surface area contributed by atoms with Gasteiger partial charge in [-0.2, -0.15) is 8.42 Å². The van der Waals surface area contributed by atoms with Crippen molar-refractivity contribution in [1.29, 1.82) is 0 Å². The van der Waals surface area contributed by atoms with E-state index in [1.165, 1.54) is 0 Å². The van der Waals surface area contributed by atoms with Gasteiger partial charge in [0.15, 0.2) is 6.29 Å². The van der Waals surface area contributed by atoms with Crippen LogP contribution in [0.15, 0.2) is 212 Å². The molecule has 398 valence electrons. The van der Waals surface area contributed by atoms with Gasteiger partial charge in [0.25, 0.3) is 10.1 Å². The van der Waals surface area contributed by atoms with Gasteiger partial charge in [0, 0.05) is 0 Å². The van der Waals surface area contributed by atoms with E-state index >= 15 is 0 Å². The number of rotatable bonds is 28. The summed E-state index contributed by atoms with van der Waals surface area (Å²) in [5.74, 6) is -1.90. The Balaban J connectivity index is 1.15. The third-order valence-electron chi connectivity index (χ3n) is 13.0. The van der Waals surface area contributed by atoms with Crippen molar-refractivity contribution in [1.82, 2.24) is 0 Å². The van der Waals surface area contributed by atoms with Crippen molar-refractivity contribution >= 4 is 10.1 Å². The minimum atomic E-state index is -3.98. The highest BCUT2D eigenvalue weighted by atomic mass is 32.2. The van der Waals surface area contributed by atoms with Crippen LogP contribution in [0.1, 0.15) is 38.9 Å². The van der Waals surface area contributed by atoms with Crippen molar-refractivity contribution in [3.8, 4) is 0 Å². The van der Waals surface area contributed by atoms with Gasteiger partial charge in [-0.3, -0.25) is 4.18 Å². The zero-order chi connectivity index (χ0) is 52.3. The quantitative estimate of drug-likeness (QED) is 0.0431. The molecule has 0 saturated carbocycles. The Hall–Kier alpha value is -5.95. The summed E-state index contributed by atoms with van der Waals surface area (Å²) < 4.78 is 101. The Bertz CT molecular complexity index is 2840. The molecule has 14 heteroatoms. The van der Waals surface area contributed by atoms with Gasteiger partial charge in [0.05, 0.1) is 65.7 Å². The second kappa shape index (κ2) is 27.9. The first-order valence-electron chi connectivity index (χ1n) is 25.6. The third kappa shape index (κ3) is 16.1. The summed E-state index contributed by atoms with van der Waals surface area (Å²) in [6.07, 6.45) is -6.97. The average molecular weight is 1050 g/mol. The van der Waals surface area contributed by atoms with Crippen LogP contribution in [-0.4, -0.2) is 89.3 Å². The van der Waals surface area contributed by atoms with Crippen LogP contribution in [-0.2, 0) is 108 Å². The summed E-state index contributed by atoms with van der Waals surface area (Å²) >= 11 is 0. The van der Waals surface area contributed by atoms with Crippen molar-refractivity contribution in [2.45, 2.75) is 101 Å². The maximum absolute atomic E-state index is 12.8. The van der Waals surface area contributed by atoms with Crippen LogP contribution in [0.2, 0.25) is 0 Å². The van der Waals surface area contributed by atoms with Crippen molar-refractivity contribution in [3.63, 3.8) is 0 Å². The molecule has 76 heavy (non-hydrogen) atoms. The molecule has 7 aromatic carbocycles. The highest BCUT2D eigenvalue weighted by molar-refractivity contribution is 7.86. The second-order valence-electron chi connectivity index (χ2n) is 18.9. The van der Waals surface area contributed by atoms with Gasteiger partial charge < -0.3 is 47.4 Å². The molecule has 13 nitrogen and oxygen atoms in total. The van der Waals surface area contributed by atoms with Crippen LogP contribution < -0.4 is 0 Å². The predicted molar refractivity (Wildman–Crippen MR) is 285 cm³/mol. The highest BCUT2D eigenvalue weighted by Crippen LogP contribution is 2.42. The molecule has 2 saturated heterocycles. The Morgan fingerprint density at radius 2 is 0.750 bits per heavy atom. The van der Waals surface area contributed by atoms with E-state index < -0.39 is 71.5 Å². The summed E-state index contributed by atoms with van der Waals surface area (Å²) in [7, 11) is -3.98. The standard InChI is InChI=1S/C62H66O13S/c1-76(63,64)72-45-55-57(68-40-50-29-15-5-16-30-50)60(71-43-53-35-21-8-22-36-53)62(74-55,46-66-38-48-25-11-3-12-26-48)75-61-59(70-42-52-33-19-7-20-34-52)58(69-41-51-31-17-6-18-32-51)56(67-39-49-27-13-4-14-28-49)54(73-61)44-65-37-47-23-9-2-10-24-47/h2-36,54-61H,37-46H2,1H3/t54-,55-,56-,57-,58+,59-,60+,61-,62+/m1/s1. The van der Waals surface area contributed by atoms with Gasteiger partial charge in [0.1, 0.15) is 49.3 Å². The Morgan fingerprint density at radius 3 is 1.17 bits per heavy atom. The van der Waals surface area contributed by atoms with Gasteiger partial charge in [-0.1, -0.05) is 212 Å². The minimum absolute atomic E-state index is 0.0603. The molecule has 9 rings (SSSR count). The smallest absolute Gasteiger partial charge is 0.264 e. The number of benzene rings is 7. The largest absolute Gasteiger partial charge is 0.374 e. The molecule has 2 heterocycles. The molecular formula is C62H66O13S. The molecule has 0 unspecified atom stereocenters. The van der Waals surface area contributed by atoms with Crippen LogP contribution in [0.3, 0.4) is 0 Å². The molecule has 0 bridgehead atoms. The lowest BCUT2D eigenvalue weighted by molar-refractivity contribution is -0.398. The first-order valence-corrected chi connectivity index (χ1v) is 27.4. The van der Waals surface area contributed by atoms with E-state index in [0.717, 1.165) is 45.2 Å². The van der Waals surface area contributed by atoms with Crippen LogP contribution >= 0.6 is 0 Å². The topological polar surface area (TPSA) is 136 Å². The first-order chi connectivity index (χ1) is 37.3. The lowest BCUT2D eigenvalue weighted by Gasteiger charge is -2.48. The van der Waals surface area contributed by atoms with Crippen LogP contribution in [0.25, 0.3) is 0 Å². The van der Waals surface area contributed by atoms with E-state index in [2.05, 4.69) is 0 Å². The molecule has 2 aliphatic rings. The van der Waals surface area contributed by atoms with E-state index in [1.54, 1.807) is 0 Å². The Labute approximate surface area is 446 Å². The maximum Gasteiger partial charge on any atom is 0.264 e. The molecule has 2 aliphatic heterocycles. The van der Waals surface area contributed by atoms with Crippen molar-refractivity contribution in [2.75, 3.05) is 26.1 Å². The fourth-order valence-electron chi connectivity index (χ4n) is 9.27. The third-order valence-corrected chi connectivity index (χ3v) is 13.6. The lowest BCUT2D eigenvalue weighted by Crippen LogP contribution is -2.64. The molecule has 9 atom stereocenters. The number of hydrogen-bond acceptors (Lipinski definition) is 13. The zero-order valence-corrected chi connectivity index (χ0v) is 43.4. The summed E-state index contributed by atoms with van der Waals surface area (Å²) in [6.45, 7) is 0.611.